The van der Waals surface area contributed by atoms with Gasteiger partial charge in [-0.2, -0.15) is 13.2 Å². The molecular weight excluding hydrogens is 311 g/mol. The first-order chi connectivity index (χ1) is 10.7. The minimum absolute atomic E-state index is 0.286. The number of esters is 1. The Kier molecular flexibility index (Phi) is 6.81. The van der Waals surface area contributed by atoms with Gasteiger partial charge in [0.15, 0.2) is 6.61 Å². The van der Waals surface area contributed by atoms with E-state index in [1.165, 1.54) is 18.2 Å². The quantitative estimate of drug-likeness (QED) is 0.645. The second-order valence-corrected chi connectivity index (χ2v) is 5.26. The van der Waals surface area contributed by atoms with Crippen molar-refractivity contribution in [2.45, 2.75) is 20.0 Å². The Morgan fingerprint density at radius 3 is 2.35 bits per heavy atom. The van der Waals surface area contributed by atoms with E-state index in [2.05, 4.69) is 5.32 Å². The topological polar surface area (TPSA) is 55.4 Å². The lowest BCUT2D eigenvalue weighted by atomic mass is 10.1. The first-order valence-corrected chi connectivity index (χ1v) is 6.97. The van der Waals surface area contributed by atoms with Gasteiger partial charge < -0.3 is 10.1 Å². The van der Waals surface area contributed by atoms with E-state index < -0.39 is 30.2 Å². The minimum atomic E-state index is -4.40. The molecule has 23 heavy (non-hydrogen) atoms. The number of carbonyl (C=O) groups excluding carboxylic acids is 2. The third kappa shape index (κ3) is 7.49. The monoisotopic (exact) mass is 329 g/mol. The molecular formula is C16H18F3NO3. The van der Waals surface area contributed by atoms with Crippen molar-refractivity contribution < 1.29 is 27.5 Å². The lowest BCUT2D eigenvalue weighted by Crippen LogP contribution is -2.31. The molecule has 0 aromatic heterocycles. The highest BCUT2D eigenvalue weighted by atomic mass is 19.4. The van der Waals surface area contributed by atoms with Crippen LogP contribution in [0.4, 0.5) is 13.2 Å². The summed E-state index contributed by atoms with van der Waals surface area (Å²) in [5, 5.41) is 2.58. The Labute approximate surface area is 132 Å². The molecule has 126 valence electrons. The van der Waals surface area contributed by atoms with E-state index >= 15 is 0 Å². The average molecular weight is 329 g/mol. The summed E-state index contributed by atoms with van der Waals surface area (Å²) in [4.78, 5) is 22.8. The van der Waals surface area contributed by atoms with Gasteiger partial charge in [0.25, 0.3) is 5.91 Å². The van der Waals surface area contributed by atoms with E-state index in [1.807, 2.05) is 13.8 Å². The number of alkyl halides is 3. The van der Waals surface area contributed by atoms with Gasteiger partial charge in [0.05, 0.1) is 5.56 Å². The molecule has 0 saturated heterocycles. The first-order valence-electron chi connectivity index (χ1n) is 6.97. The minimum Gasteiger partial charge on any atom is -0.452 e. The number of benzene rings is 1. The van der Waals surface area contributed by atoms with Crippen LogP contribution in [0.25, 0.3) is 6.08 Å². The van der Waals surface area contributed by atoms with Gasteiger partial charge in [-0.15, -0.1) is 0 Å². The Bertz CT molecular complexity index is 563. The molecule has 1 N–H and O–H groups in total. The Hall–Kier alpha value is -2.31. The van der Waals surface area contributed by atoms with Crippen LogP contribution < -0.4 is 5.32 Å². The lowest BCUT2D eigenvalue weighted by Gasteiger charge is -2.07. The summed E-state index contributed by atoms with van der Waals surface area (Å²) in [6.07, 6.45) is -2.03. The molecule has 1 rings (SSSR count). The molecule has 0 bridgehead atoms. The zero-order valence-corrected chi connectivity index (χ0v) is 12.8. The fourth-order valence-corrected chi connectivity index (χ4v) is 1.50. The Morgan fingerprint density at radius 2 is 1.83 bits per heavy atom. The highest BCUT2D eigenvalue weighted by Gasteiger charge is 2.29. The van der Waals surface area contributed by atoms with Gasteiger partial charge >= 0.3 is 12.1 Å². The van der Waals surface area contributed by atoms with Crippen molar-refractivity contribution >= 4 is 18.0 Å². The number of ether oxygens (including phenoxy) is 1. The molecule has 0 unspecified atom stereocenters. The first kappa shape index (κ1) is 18.7. The number of halogens is 3. The molecule has 0 fully saturated rings. The summed E-state index contributed by atoms with van der Waals surface area (Å²) in [6, 6.07) is 4.32. The van der Waals surface area contributed by atoms with E-state index in [0.29, 0.717) is 12.1 Å². The van der Waals surface area contributed by atoms with Gasteiger partial charge in [0.1, 0.15) is 0 Å². The lowest BCUT2D eigenvalue weighted by molar-refractivity contribution is -0.143. The number of carbonyl (C=O) groups is 2. The van der Waals surface area contributed by atoms with E-state index in [4.69, 9.17) is 4.74 Å². The van der Waals surface area contributed by atoms with E-state index in [-0.39, 0.29) is 5.92 Å². The van der Waals surface area contributed by atoms with Crippen molar-refractivity contribution in [3.05, 3.63) is 41.5 Å². The van der Waals surface area contributed by atoms with Crippen LogP contribution in [0.1, 0.15) is 25.0 Å². The molecule has 0 radical (unpaired) electrons. The molecule has 0 aliphatic rings. The van der Waals surface area contributed by atoms with Crippen LogP contribution >= 0.6 is 0 Å². The van der Waals surface area contributed by atoms with E-state index in [1.54, 1.807) is 0 Å². The number of hydrogen-bond donors (Lipinski definition) is 1. The maximum Gasteiger partial charge on any atom is 0.416 e. The predicted molar refractivity (Wildman–Crippen MR) is 79.3 cm³/mol. The van der Waals surface area contributed by atoms with Gasteiger partial charge in [-0.1, -0.05) is 26.0 Å². The van der Waals surface area contributed by atoms with Gasteiger partial charge in [0.2, 0.25) is 0 Å². The highest BCUT2D eigenvalue weighted by Crippen LogP contribution is 2.29. The molecule has 0 spiro atoms. The number of nitrogens with one attached hydrogen (secondary N) is 1. The van der Waals surface area contributed by atoms with Gasteiger partial charge in [0, 0.05) is 12.6 Å². The predicted octanol–water partition coefficient (Wildman–Crippen LogP) is 3.03. The fourth-order valence-electron chi connectivity index (χ4n) is 1.50. The molecule has 1 amide bonds. The van der Waals surface area contributed by atoms with Crippen LogP contribution in [-0.2, 0) is 20.5 Å². The summed E-state index contributed by atoms with van der Waals surface area (Å²) in [6.45, 7) is 3.94. The van der Waals surface area contributed by atoms with Crippen LogP contribution in [0, 0.1) is 5.92 Å². The summed E-state index contributed by atoms with van der Waals surface area (Å²) in [5.74, 6) is -0.867. The molecule has 0 aliphatic heterocycles. The summed E-state index contributed by atoms with van der Waals surface area (Å²) in [5.41, 5.74) is -0.349. The van der Waals surface area contributed by atoms with Crippen molar-refractivity contribution in [1.82, 2.24) is 5.32 Å². The van der Waals surface area contributed by atoms with Gasteiger partial charge in [-0.3, -0.25) is 4.79 Å². The number of rotatable bonds is 6. The maximum atomic E-state index is 12.4. The van der Waals surface area contributed by atoms with Crippen LogP contribution in [0.5, 0.6) is 0 Å². The normalized spacial score (nSPS) is 11.7. The standard InChI is InChI=1S/C16H18F3NO3/c1-11(2)9-20-14(21)10-23-15(22)8-5-12-3-6-13(7-4-12)16(17,18)19/h3-8,11H,9-10H2,1-2H3,(H,20,21). The second-order valence-electron chi connectivity index (χ2n) is 5.26. The molecule has 0 saturated carbocycles. The van der Waals surface area contributed by atoms with Gasteiger partial charge in [-0.05, 0) is 29.7 Å². The van der Waals surface area contributed by atoms with Crippen molar-refractivity contribution in [3.8, 4) is 0 Å². The zero-order chi connectivity index (χ0) is 17.5. The van der Waals surface area contributed by atoms with Crippen LogP contribution in [-0.4, -0.2) is 25.0 Å². The fraction of sp³-hybridized carbons (Fsp3) is 0.375. The smallest absolute Gasteiger partial charge is 0.416 e. The largest absolute Gasteiger partial charge is 0.452 e. The van der Waals surface area contributed by atoms with Crippen LogP contribution in [0.2, 0.25) is 0 Å². The molecule has 0 atom stereocenters. The maximum absolute atomic E-state index is 12.4. The van der Waals surface area contributed by atoms with Crippen LogP contribution in [0.15, 0.2) is 30.3 Å². The second kappa shape index (κ2) is 8.36. The summed E-state index contributed by atoms with van der Waals surface area (Å²) in [7, 11) is 0. The highest BCUT2D eigenvalue weighted by molar-refractivity contribution is 5.89. The van der Waals surface area contributed by atoms with Crippen molar-refractivity contribution in [3.63, 3.8) is 0 Å². The SMILES string of the molecule is CC(C)CNC(=O)COC(=O)C=Cc1ccc(C(F)(F)F)cc1. The Morgan fingerprint density at radius 1 is 1.22 bits per heavy atom. The molecule has 7 heteroatoms. The number of hydrogen-bond acceptors (Lipinski definition) is 3. The molecule has 0 aliphatic carbocycles. The third-order valence-electron chi connectivity index (χ3n) is 2.70. The molecule has 4 nitrogen and oxygen atoms in total. The van der Waals surface area contributed by atoms with Crippen molar-refractivity contribution in [2.75, 3.05) is 13.2 Å². The third-order valence-corrected chi connectivity index (χ3v) is 2.70. The molecule has 1 aromatic carbocycles. The zero-order valence-electron chi connectivity index (χ0n) is 12.8. The van der Waals surface area contributed by atoms with Crippen molar-refractivity contribution in [1.29, 1.82) is 0 Å². The van der Waals surface area contributed by atoms with E-state index in [0.717, 1.165) is 18.2 Å². The Balaban J connectivity index is 2.45. The number of amides is 1. The average Bonchev–Trinajstić information content (AvgIpc) is 2.48. The molecule has 1 aromatic rings. The van der Waals surface area contributed by atoms with Crippen LogP contribution in [0.3, 0.4) is 0 Å². The summed E-state index contributed by atoms with van der Waals surface area (Å²) >= 11 is 0. The van der Waals surface area contributed by atoms with Gasteiger partial charge in [-0.25, -0.2) is 4.79 Å². The van der Waals surface area contributed by atoms with Crippen molar-refractivity contribution in [2.24, 2.45) is 5.92 Å². The van der Waals surface area contributed by atoms with E-state index in [9.17, 15) is 22.8 Å². The molecule has 0 heterocycles. The summed E-state index contributed by atoms with van der Waals surface area (Å²) < 4.78 is 41.9.